The van der Waals surface area contributed by atoms with Gasteiger partial charge in [-0.3, -0.25) is 4.79 Å². The number of hydrogen-bond donors (Lipinski definition) is 2. The molecule has 0 aliphatic carbocycles. The number of halogens is 4. The number of amides is 1. The van der Waals surface area contributed by atoms with Gasteiger partial charge in [-0.1, -0.05) is 12.1 Å². The van der Waals surface area contributed by atoms with Crippen molar-refractivity contribution < 1.29 is 27.5 Å². The van der Waals surface area contributed by atoms with E-state index in [9.17, 15) is 22.4 Å². The predicted octanol–water partition coefficient (Wildman–Crippen LogP) is 1.49. The summed E-state index contributed by atoms with van der Waals surface area (Å²) in [5, 5.41) is 8.78. The average Bonchev–Trinajstić information content (AvgIpc) is 2.36. The molecule has 1 amide bonds. The number of anilines is 2. The van der Waals surface area contributed by atoms with Gasteiger partial charge in [-0.2, -0.15) is 8.78 Å². The smallest absolute Gasteiger partial charge is 0.384 e. The third-order valence-electron chi connectivity index (χ3n) is 2.36. The zero-order chi connectivity index (χ0) is 14.6. The van der Waals surface area contributed by atoms with E-state index in [4.69, 9.17) is 10.8 Å². The molecule has 0 atom stereocenters. The van der Waals surface area contributed by atoms with Crippen molar-refractivity contribution in [1.82, 2.24) is 0 Å². The maximum Gasteiger partial charge on any atom is 0.384 e. The Kier molecular flexibility index (Phi) is 4.71. The Balaban J connectivity index is 3.15. The van der Waals surface area contributed by atoms with Gasteiger partial charge in [-0.25, -0.2) is 8.78 Å². The highest BCUT2D eigenvalue weighted by Crippen LogP contribution is 2.30. The topological polar surface area (TPSA) is 66.6 Å². The lowest BCUT2D eigenvalue weighted by atomic mass is 10.2. The van der Waals surface area contributed by atoms with E-state index in [2.05, 4.69) is 0 Å². The number of carbonyl (C=O) groups excluding carboxylic acids is 1. The zero-order valence-corrected chi connectivity index (χ0v) is 9.69. The summed E-state index contributed by atoms with van der Waals surface area (Å²) in [7, 11) is 0. The SMILES string of the molecule is Nc1ccccc1N(CCO)C(=O)C(F)(F)C(F)F. The summed E-state index contributed by atoms with van der Waals surface area (Å²) < 4.78 is 50.5. The van der Waals surface area contributed by atoms with E-state index in [1.54, 1.807) is 0 Å². The lowest BCUT2D eigenvalue weighted by Crippen LogP contribution is -2.49. The van der Waals surface area contributed by atoms with Crippen LogP contribution in [0.25, 0.3) is 0 Å². The molecule has 0 aliphatic heterocycles. The number of benzene rings is 1. The molecule has 0 heterocycles. The third kappa shape index (κ3) is 3.14. The van der Waals surface area contributed by atoms with Gasteiger partial charge in [-0.15, -0.1) is 0 Å². The van der Waals surface area contributed by atoms with Gasteiger partial charge < -0.3 is 15.7 Å². The predicted molar refractivity (Wildman–Crippen MR) is 61.2 cm³/mol. The number of para-hydroxylation sites is 2. The molecule has 0 aromatic heterocycles. The summed E-state index contributed by atoms with van der Waals surface area (Å²) in [5.74, 6) is -6.94. The van der Waals surface area contributed by atoms with E-state index >= 15 is 0 Å². The van der Waals surface area contributed by atoms with Gasteiger partial charge in [-0.05, 0) is 12.1 Å². The Labute approximate surface area is 106 Å². The molecule has 19 heavy (non-hydrogen) atoms. The molecule has 1 aromatic rings. The minimum Gasteiger partial charge on any atom is -0.397 e. The highest BCUT2D eigenvalue weighted by Gasteiger charge is 2.51. The lowest BCUT2D eigenvalue weighted by molar-refractivity contribution is -0.166. The number of nitrogens with two attached hydrogens (primary N) is 1. The van der Waals surface area contributed by atoms with Gasteiger partial charge in [0.25, 0.3) is 0 Å². The number of carbonyl (C=O) groups is 1. The maximum atomic E-state index is 13.1. The largest absolute Gasteiger partial charge is 0.397 e. The monoisotopic (exact) mass is 280 g/mol. The molecule has 0 saturated carbocycles. The van der Waals surface area contributed by atoms with Crippen molar-refractivity contribution in [3.8, 4) is 0 Å². The number of aliphatic hydroxyl groups is 1. The zero-order valence-electron chi connectivity index (χ0n) is 9.69. The molecule has 0 saturated heterocycles. The maximum absolute atomic E-state index is 13.1. The standard InChI is InChI=1S/C11H12F4N2O2/c12-9(13)11(14,15)10(19)17(5-6-18)8-4-2-1-3-7(8)16/h1-4,9,18H,5-6,16H2. The average molecular weight is 280 g/mol. The molecule has 3 N–H and O–H groups in total. The molecular formula is C11H12F4N2O2. The molecule has 1 rings (SSSR count). The van der Waals surface area contributed by atoms with Crippen LogP contribution in [0.5, 0.6) is 0 Å². The number of nitrogen functional groups attached to an aromatic ring is 1. The number of aliphatic hydroxyl groups excluding tert-OH is 1. The molecule has 1 aromatic carbocycles. The number of rotatable bonds is 5. The summed E-state index contributed by atoms with van der Waals surface area (Å²) in [6.07, 6.45) is -4.13. The van der Waals surface area contributed by atoms with Crippen molar-refractivity contribution in [1.29, 1.82) is 0 Å². The van der Waals surface area contributed by atoms with Crippen LogP contribution in [0.2, 0.25) is 0 Å². The first-order chi connectivity index (χ1) is 8.82. The van der Waals surface area contributed by atoms with Crippen LogP contribution in [-0.4, -0.2) is 36.5 Å². The summed E-state index contributed by atoms with van der Waals surface area (Å²) >= 11 is 0. The van der Waals surface area contributed by atoms with E-state index in [0.29, 0.717) is 4.90 Å². The Bertz CT molecular complexity index is 454. The van der Waals surface area contributed by atoms with Gasteiger partial charge in [0.1, 0.15) is 0 Å². The molecule has 0 aliphatic rings. The molecule has 0 fully saturated rings. The summed E-state index contributed by atoms with van der Waals surface area (Å²) in [6, 6.07) is 5.45. The quantitative estimate of drug-likeness (QED) is 0.634. The van der Waals surface area contributed by atoms with Crippen molar-refractivity contribution in [3.05, 3.63) is 24.3 Å². The fourth-order valence-corrected chi connectivity index (χ4v) is 1.44. The molecule has 8 heteroatoms. The minimum atomic E-state index is -4.84. The summed E-state index contributed by atoms with van der Waals surface area (Å²) in [6.45, 7) is -1.23. The molecule has 4 nitrogen and oxygen atoms in total. The Morgan fingerprint density at radius 1 is 1.37 bits per heavy atom. The van der Waals surface area contributed by atoms with E-state index in [1.165, 1.54) is 24.3 Å². The number of nitrogens with zero attached hydrogens (tertiary/aromatic N) is 1. The third-order valence-corrected chi connectivity index (χ3v) is 2.36. The molecule has 106 valence electrons. The highest BCUT2D eigenvalue weighted by atomic mass is 19.3. The Morgan fingerprint density at radius 2 is 1.95 bits per heavy atom. The van der Waals surface area contributed by atoms with Crippen LogP contribution in [0.15, 0.2) is 24.3 Å². The van der Waals surface area contributed by atoms with Crippen molar-refractivity contribution in [2.75, 3.05) is 23.8 Å². The second-order valence-electron chi connectivity index (χ2n) is 3.66. The highest BCUT2D eigenvalue weighted by molar-refractivity contribution is 6.00. The van der Waals surface area contributed by atoms with Gasteiger partial charge in [0.05, 0.1) is 18.0 Å². The van der Waals surface area contributed by atoms with Crippen LogP contribution in [0.1, 0.15) is 0 Å². The van der Waals surface area contributed by atoms with Crippen LogP contribution >= 0.6 is 0 Å². The first-order valence-electron chi connectivity index (χ1n) is 5.25. The van der Waals surface area contributed by atoms with Crippen LogP contribution in [-0.2, 0) is 4.79 Å². The van der Waals surface area contributed by atoms with E-state index < -0.39 is 31.4 Å². The van der Waals surface area contributed by atoms with Gasteiger partial charge in [0.2, 0.25) is 0 Å². The van der Waals surface area contributed by atoms with Gasteiger partial charge in [0, 0.05) is 6.54 Å². The normalized spacial score (nSPS) is 11.7. The summed E-state index contributed by atoms with van der Waals surface area (Å²) in [4.78, 5) is 11.8. The fraction of sp³-hybridized carbons (Fsp3) is 0.364. The van der Waals surface area contributed by atoms with Crippen molar-refractivity contribution in [3.63, 3.8) is 0 Å². The number of hydrogen-bond acceptors (Lipinski definition) is 3. The molecule has 0 unspecified atom stereocenters. The van der Waals surface area contributed by atoms with Gasteiger partial charge in [0.15, 0.2) is 0 Å². The molecule has 0 bridgehead atoms. The summed E-state index contributed by atoms with van der Waals surface area (Å²) in [5.41, 5.74) is 5.32. The first kappa shape index (κ1) is 15.2. The Morgan fingerprint density at radius 3 is 2.42 bits per heavy atom. The van der Waals surface area contributed by atoms with Crippen molar-refractivity contribution >= 4 is 17.3 Å². The van der Waals surface area contributed by atoms with E-state index in [-0.39, 0.29) is 11.4 Å². The minimum absolute atomic E-state index is 0.0330. The van der Waals surface area contributed by atoms with Crippen LogP contribution in [0.4, 0.5) is 28.9 Å². The van der Waals surface area contributed by atoms with Crippen LogP contribution in [0, 0.1) is 0 Å². The molecule has 0 spiro atoms. The molecular weight excluding hydrogens is 268 g/mol. The van der Waals surface area contributed by atoms with Gasteiger partial charge >= 0.3 is 18.3 Å². The van der Waals surface area contributed by atoms with Crippen LogP contribution < -0.4 is 10.6 Å². The second-order valence-corrected chi connectivity index (χ2v) is 3.66. The number of alkyl halides is 4. The fourth-order valence-electron chi connectivity index (χ4n) is 1.44. The van der Waals surface area contributed by atoms with Crippen molar-refractivity contribution in [2.24, 2.45) is 0 Å². The first-order valence-corrected chi connectivity index (χ1v) is 5.25. The van der Waals surface area contributed by atoms with E-state index in [0.717, 1.165) is 0 Å². The van der Waals surface area contributed by atoms with Crippen LogP contribution in [0.3, 0.4) is 0 Å². The lowest BCUT2D eigenvalue weighted by Gasteiger charge is -2.27. The van der Waals surface area contributed by atoms with E-state index in [1.807, 2.05) is 0 Å². The van der Waals surface area contributed by atoms with Crippen molar-refractivity contribution in [2.45, 2.75) is 12.3 Å². The molecule has 0 radical (unpaired) electrons. The second kappa shape index (κ2) is 5.87. The Hall–Kier alpha value is -1.83.